The number of amides is 2. The number of rotatable bonds is 2. The van der Waals surface area contributed by atoms with Crippen molar-refractivity contribution in [2.24, 2.45) is 0 Å². The Morgan fingerprint density at radius 1 is 1.12 bits per heavy atom. The van der Waals surface area contributed by atoms with E-state index in [1.807, 2.05) is 18.2 Å². The van der Waals surface area contributed by atoms with Crippen LogP contribution in [0, 0.1) is 6.92 Å². The Labute approximate surface area is 145 Å². The largest absolute Gasteiger partial charge is 0.360 e. The number of nitrogens with zero attached hydrogens (tertiary/aromatic N) is 3. The maximum absolute atomic E-state index is 12.9. The van der Waals surface area contributed by atoms with Crippen LogP contribution >= 0.6 is 11.6 Å². The summed E-state index contributed by atoms with van der Waals surface area (Å²) in [4.78, 5) is 27.8. The van der Waals surface area contributed by atoms with Crippen molar-refractivity contribution < 1.29 is 14.1 Å². The summed E-state index contributed by atoms with van der Waals surface area (Å²) in [5, 5.41) is 4.55. The number of hydrogen-bond acceptors (Lipinski definition) is 4. The standard InChI is InChI=1S/C17H18ClN3O3/c1-11-15(16(19-24-11)13-5-3-4-6-14(13)18)17(23)21-9-7-20(8-10-21)12(2)22/h3-6H,7-10H2,1-2H3. The monoisotopic (exact) mass is 347 g/mol. The molecule has 2 heterocycles. The average Bonchev–Trinajstić information content (AvgIpc) is 2.96. The molecule has 0 aliphatic carbocycles. The van der Waals surface area contributed by atoms with E-state index in [1.165, 1.54) is 6.92 Å². The second-order valence-corrected chi connectivity index (χ2v) is 6.15. The Kier molecular flexibility index (Phi) is 4.57. The van der Waals surface area contributed by atoms with Gasteiger partial charge in [-0.25, -0.2) is 0 Å². The predicted molar refractivity (Wildman–Crippen MR) is 89.8 cm³/mol. The van der Waals surface area contributed by atoms with Crippen LogP contribution in [0.15, 0.2) is 28.8 Å². The molecule has 2 aromatic rings. The molecule has 6 nitrogen and oxygen atoms in total. The third kappa shape index (κ3) is 3.01. The van der Waals surface area contributed by atoms with Gasteiger partial charge >= 0.3 is 0 Å². The van der Waals surface area contributed by atoms with Crippen LogP contribution in [0.5, 0.6) is 0 Å². The molecular weight excluding hydrogens is 330 g/mol. The predicted octanol–water partition coefficient (Wildman–Crippen LogP) is 2.61. The van der Waals surface area contributed by atoms with Gasteiger partial charge in [-0.15, -0.1) is 0 Å². The zero-order chi connectivity index (χ0) is 17.3. The van der Waals surface area contributed by atoms with E-state index < -0.39 is 0 Å². The SMILES string of the molecule is CC(=O)N1CCN(C(=O)c2c(-c3ccccc3Cl)noc2C)CC1. The molecule has 24 heavy (non-hydrogen) atoms. The molecule has 1 fully saturated rings. The molecule has 0 unspecified atom stereocenters. The fraction of sp³-hybridized carbons (Fsp3) is 0.353. The highest BCUT2D eigenvalue weighted by Gasteiger charge is 2.29. The number of aryl methyl sites for hydroxylation is 1. The van der Waals surface area contributed by atoms with E-state index >= 15 is 0 Å². The van der Waals surface area contributed by atoms with Crippen molar-refractivity contribution in [3.05, 3.63) is 40.6 Å². The molecule has 0 bridgehead atoms. The van der Waals surface area contributed by atoms with Crippen molar-refractivity contribution in [1.29, 1.82) is 0 Å². The maximum Gasteiger partial charge on any atom is 0.259 e. The van der Waals surface area contributed by atoms with Crippen molar-refractivity contribution in [3.63, 3.8) is 0 Å². The van der Waals surface area contributed by atoms with Crippen LogP contribution in [-0.4, -0.2) is 52.9 Å². The van der Waals surface area contributed by atoms with Gasteiger partial charge in [0.15, 0.2) is 0 Å². The second-order valence-electron chi connectivity index (χ2n) is 5.74. The van der Waals surface area contributed by atoms with Crippen molar-refractivity contribution in [1.82, 2.24) is 15.0 Å². The molecule has 1 saturated heterocycles. The van der Waals surface area contributed by atoms with Crippen LogP contribution in [0.25, 0.3) is 11.3 Å². The molecule has 0 radical (unpaired) electrons. The Hall–Kier alpha value is -2.34. The minimum atomic E-state index is -0.146. The van der Waals surface area contributed by atoms with Crippen LogP contribution in [0.1, 0.15) is 23.0 Å². The van der Waals surface area contributed by atoms with Gasteiger partial charge in [0.1, 0.15) is 17.0 Å². The highest BCUT2D eigenvalue weighted by molar-refractivity contribution is 6.33. The fourth-order valence-corrected chi connectivity index (χ4v) is 3.07. The van der Waals surface area contributed by atoms with Crippen molar-refractivity contribution in [2.45, 2.75) is 13.8 Å². The van der Waals surface area contributed by atoms with E-state index in [4.69, 9.17) is 16.1 Å². The Morgan fingerprint density at radius 3 is 2.38 bits per heavy atom. The van der Waals surface area contributed by atoms with Gasteiger partial charge < -0.3 is 14.3 Å². The highest BCUT2D eigenvalue weighted by atomic mass is 35.5. The van der Waals surface area contributed by atoms with E-state index in [9.17, 15) is 9.59 Å². The average molecular weight is 348 g/mol. The third-order valence-electron chi connectivity index (χ3n) is 4.22. The molecular formula is C17H18ClN3O3. The molecule has 1 aromatic heterocycles. The number of piperazine rings is 1. The molecule has 1 aliphatic rings. The summed E-state index contributed by atoms with van der Waals surface area (Å²) in [6.45, 7) is 5.30. The quantitative estimate of drug-likeness (QED) is 0.837. The maximum atomic E-state index is 12.9. The van der Waals surface area contributed by atoms with E-state index in [2.05, 4.69) is 5.16 Å². The highest BCUT2D eigenvalue weighted by Crippen LogP contribution is 2.31. The van der Waals surface area contributed by atoms with Crippen LogP contribution in [-0.2, 0) is 4.79 Å². The minimum absolute atomic E-state index is 0.0278. The molecule has 0 N–H and O–H groups in total. The van der Waals surface area contributed by atoms with Gasteiger partial charge in [-0.3, -0.25) is 9.59 Å². The molecule has 1 aromatic carbocycles. The van der Waals surface area contributed by atoms with E-state index in [1.54, 1.807) is 22.8 Å². The van der Waals surface area contributed by atoms with Crippen molar-refractivity contribution in [3.8, 4) is 11.3 Å². The number of halogens is 1. The lowest BCUT2D eigenvalue weighted by Crippen LogP contribution is -2.50. The first kappa shape index (κ1) is 16.5. The molecule has 2 amide bonds. The number of carbonyl (C=O) groups excluding carboxylic acids is 2. The lowest BCUT2D eigenvalue weighted by Gasteiger charge is -2.34. The summed E-state index contributed by atoms with van der Waals surface area (Å²) < 4.78 is 5.26. The second kappa shape index (κ2) is 6.65. The Balaban J connectivity index is 1.88. The van der Waals surface area contributed by atoms with Gasteiger partial charge in [0, 0.05) is 38.7 Å². The summed E-state index contributed by atoms with van der Waals surface area (Å²) >= 11 is 6.23. The summed E-state index contributed by atoms with van der Waals surface area (Å²) in [6.07, 6.45) is 0. The first-order chi connectivity index (χ1) is 11.5. The topological polar surface area (TPSA) is 66.7 Å². The molecule has 0 spiro atoms. The van der Waals surface area contributed by atoms with Gasteiger partial charge in [0.25, 0.3) is 5.91 Å². The summed E-state index contributed by atoms with van der Waals surface area (Å²) in [5.74, 6) is 0.343. The van der Waals surface area contributed by atoms with Crippen LogP contribution < -0.4 is 0 Å². The summed E-state index contributed by atoms with van der Waals surface area (Å²) in [6, 6.07) is 7.22. The van der Waals surface area contributed by atoms with E-state index in [-0.39, 0.29) is 11.8 Å². The Morgan fingerprint density at radius 2 is 1.75 bits per heavy atom. The van der Waals surface area contributed by atoms with Gasteiger partial charge in [-0.1, -0.05) is 35.0 Å². The lowest BCUT2D eigenvalue weighted by molar-refractivity contribution is -0.130. The van der Waals surface area contributed by atoms with Gasteiger partial charge in [0.05, 0.1) is 5.02 Å². The van der Waals surface area contributed by atoms with Crippen molar-refractivity contribution >= 4 is 23.4 Å². The molecule has 1 aliphatic heterocycles. The zero-order valence-corrected chi connectivity index (χ0v) is 14.3. The number of benzene rings is 1. The van der Waals surface area contributed by atoms with Crippen LogP contribution in [0.3, 0.4) is 0 Å². The lowest BCUT2D eigenvalue weighted by atomic mass is 10.0. The molecule has 126 valence electrons. The Bertz CT molecular complexity index is 779. The van der Waals surface area contributed by atoms with Crippen LogP contribution in [0.4, 0.5) is 0 Å². The number of aromatic nitrogens is 1. The zero-order valence-electron chi connectivity index (χ0n) is 13.6. The number of hydrogen-bond donors (Lipinski definition) is 0. The molecule has 0 saturated carbocycles. The van der Waals surface area contributed by atoms with Gasteiger partial charge in [-0.2, -0.15) is 0 Å². The summed E-state index contributed by atoms with van der Waals surface area (Å²) in [7, 11) is 0. The van der Waals surface area contributed by atoms with Crippen LogP contribution in [0.2, 0.25) is 5.02 Å². The first-order valence-corrected chi connectivity index (χ1v) is 8.12. The summed E-state index contributed by atoms with van der Waals surface area (Å²) in [5.41, 5.74) is 1.55. The third-order valence-corrected chi connectivity index (χ3v) is 4.55. The van der Waals surface area contributed by atoms with Crippen molar-refractivity contribution in [2.75, 3.05) is 26.2 Å². The normalized spacial score (nSPS) is 14.8. The minimum Gasteiger partial charge on any atom is -0.360 e. The molecule has 0 atom stereocenters. The van der Waals surface area contributed by atoms with Gasteiger partial charge in [0.2, 0.25) is 5.91 Å². The van der Waals surface area contributed by atoms with Gasteiger partial charge in [-0.05, 0) is 13.0 Å². The fourth-order valence-electron chi connectivity index (χ4n) is 2.84. The van der Waals surface area contributed by atoms with E-state index in [0.29, 0.717) is 53.8 Å². The first-order valence-electron chi connectivity index (χ1n) is 7.75. The van der Waals surface area contributed by atoms with E-state index in [0.717, 1.165) is 0 Å². The molecule has 7 heteroatoms. The number of carbonyl (C=O) groups is 2. The smallest absolute Gasteiger partial charge is 0.259 e. The molecule has 3 rings (SSSR count).